The molecule has 3 rings (SSSR count). The number of rotatable bonds is 8. The predicted molar refractivity (Wildman–Crippen MR) is 126 cm³/mol. The molecular formula is C21H38N4O3Si2. The maximum absolute atomic E-state index is 5.75. The van der Waals surface area contributed by atoms with E-state index in [4.69, 9.17) is 13.3 Å². The van der Waals surface area contributed by atoms with Gasteiger partial charge >= 0.3 is 8.80 Å². The zero-order chi connectivity index (χ0) is 21.6. The minimum absolute atomic E-state index is 1.07. The average molecular weight is 451 g/mol. The van der Waals surface area contributed by atoms with Gasteiger partial charge in [0.15, 0.2) is 0 Å². The maximum Gasteiger partial charge on any atom is 0.528 e. The summed E-state index contributed by atoms with van der Waals surface area (Å²) < 4.78 is 22.8. The summed E-state index contributed by atoms with van der Waals surface area (Å²) in [5.41, 5.74) is 4.56. The lowest BCUT2D eigenvalue weighted by molar-refractivity contribution is 0.138. The number of likely N-dealkylation sites (N-methyl/N-ethyl adjacent to an activating group) is 2. The van der Waals surface area contributed by atoms with Crippen LogP contribution in [0.1, 0.15) is 0 Å². The topological polar surface area (TPSA) is 40.7 Å². The maximum atomic E-state index is 5.75. The number of piperazine rings is 2. The first-order chi connectivity index (χ1) is 14.5. The van der Waals surface area contributed by atoms with Crippen molar-refractivity contribution in [1.29, 1.82) is 0 Å². The summed E-state index contributed by atoms with van der Waals surface area (Å²) >= 11 is 0. The first kappa shape index (κ1) is 23.8. The highest BCUT2D eigenvalue weighted by Crippen LogP contribution is 2.23. The van der Waals surface area contributed by atoms with Gasteiger partial charge in [0.05, 0.1) is 0 Å². The fourth-order valence-electron chi connectivity index (χ4n) is 4.52. The Labute approximate surface area is 184 Å². The van der Waals surface area contributed by atoms with E-state index >= 15 is 0 Å². The molecule has 0 amide bonds. The Balaban J connectivity index is 2.10. The van der Waals surface area contributed by atoms with Gasteiger partial charge in [-0.3, -0.25) is 0 Å². The fourth-order valence-corrected chi connectivity index (χ4v) is 11.4. The monoisotopic (exact) mass is 450 g/mol. The second-order valence-electron chi connectivity index (χ2n) is 8.22. The normalized spacial score (nSPS) is 21.5. The zero-order valence-corrected chi connectivity index (χ0v) is 21.2. The third-order valence-corrected chi connectivity index (χ3v) is 13.8. The van der Waals surface area contributed by atoms with Crippen LogP contribution in [0.3, 0.4) is 0 Å². The van der Waals surface area contributed by atoms with E-state index in [0.29, 0.717) is 0 Å². The van der Waals surface area contributed by atoms with Gasteiger partial charge in [-0.2, -0.15) is 0 Å². The lowest BCUT2D eigenvalue weighted by Gasteiger charge is -2.52. The summed E-state index contributed by atoms with van der Waals surface area (Å²) in [5.74, 6) is 0. The fraction of sp³-hybridized carbons (Fsp3) is 0.619. The van der Waals surface area contributed by atoms with Gasteiger partial charge in [0.25, 0.3) is 8.40 Å². The second-order valence-corrected chi connectivity index (χ2v) is 14.6. The molecule has 2 aliphatic rings. The quantitative estimate of drug-likeness (QED) is 0.529. The van der Waals surface area contributed by atoms with E-state index in [1.165, 1.54) is 5.19 Å². The number of nitrogens with zero attached hydrogens (tertiary/aromatic N) is 4. The van der Waals surface area contributed by atoms with Gasteiger partial charge in [0.2, 0.25) is 0 Å². The molecule has 2 saturated heterocycles. The van der Waals surface area contributed by atoms with Crippen molar-refractivity contribution in [2.45, 2.75) is 0 Å². The van der Waals surface area contributed by atoms with E-state index in [1.54, 1.807) is 21.3 Å². The molecule has 0 unspecified atom stereocenters. The van der Waals surface area contributed by atoms with Crippen LogP contribution in [0.25, 0.3) is 0 Å². The van der Waals surface area contributed by atoms with Crippen molar-refractivity contribution in [3.8, 4) is 0 Å². The van der Waals surface area contributed by atoms with Crippen LogP contribution in [-0.4, -0.2) is 124 Å². The molecule has 7 nitrogen and oxygen atoms in total. The lowest BCUT2D eigenvalue weighted by Crippen LogP contribution is -2.76. The minimum atomic E-state index is -2.83. The Bertz CT molecular complexity index is 644. The van der Waals surface area contributed by atoms with Crippen LogP contribution in [-0.2, 0) is 13.3 Å². The smallest absolute Gasteiger partial charge is 0.374 e. The SMILES string of the molecule is CO[Si](C=C[Si](c1ccccc1)(N1CCN(C)CC1)N1CCN(C)CC1)(OC)OC. The summed E-state index contributed by atoms with van der Waals surface area (Å²) in [7, 11) is 4.28. The molecule has 9 heteroatoms. The molecule has 0 saturated carbocycles. The van der Waals surface area contributed by atoms with Crippen LogP contribution in [0, 0.1) is 0 Å². The van der Waals surface area contributed by atoms with Gasteiger partial charge in [-0.05, 0) is 25.0 Å². The number of benzene rings is 1. The van der Waals surface area contributed by atoms with Crippen molar-refractivity contribution in [3.05, 3.63) is 41.7 Å². The summed E-state index contributed by atoms with van der Waals surface area (Å²) in [5, 5.41) is 1.42. The second kappa shape index (κ2) is 10.6. The lowest BCUT2D eigenvalue weighted by atomic mass is 10.4. The molecular weight excluding hydrogens is 412 g/mol. The Morgan fingerprint density at radius 2 is 1.10 bits per heavy atom. The summed E-state index contributed by atoms with van der Waals surface area (Å²) in [6.07, 6.45) is 0. The highest BCUT2D eigenvalue weighted by Gasteiger charge is 2.48. The van der Waals surface area contributed by atoms with E-state index in [2.05, 4.69) is 74.8 Å². The summed E-state index contributed by atoms with van der Waals surface area (Å²) in [6.45, 7) is 8.61. The molecule has 0 aliphatic carbocycles. The minimum Gasteiger partial charge on any atom is -0.374 e. The molecule has 1 aromatic carbocycles. The molecule has 30 heavy (non-hydrogen) atoms. The first-order valence-electron chi connectivity index (χ1n) is 10.8. The van der Waals surface area contributed by atoms with E-state index < -0.39 is 17.2 Å². The van der Waals surface area contributed by atoms with Gasteiger partial charge in [0.1, 0.15) is 0 Å². The Morgan fingerprint density at radius 1 is 0.667 bits per heavy atom. The van der Waals surface area contributed by atoms with Gasteiger partial charge < -0.3 is 32.2 Å². The molecule has 2 heterocycles. The predicted octanol–water partition coefficient (Wildman–Crippen LogP) is 0.343. The molecule has 0 radical (unpaired) electrons. The third-order valence-electron chi connectivity index (χ3n) is 6.54. The average Bonchev–Trinajstić information content (AvgIpc) is 2.80. The van der Waals surface area contributed by atoms with Gasteiger partial charge in [-0.25, -0.2) is 0 Å². The van der Waals surface area contributed by atoms with Crippen LogP contribution in [0.5, 0.6) is 0 Å². The molecule has 168 valence electrons. The largest absolute Gasteiger partial charge is 0.528 e. The van der Waals surface area contributed by atoms with Crippen LogP contribution in [0.4, 0.5) is 0 Å². The standard InChI is InChI=1S/C21H38N4O3Si2/c1-22-11-15-24(16-12-22)29(21-9-7-6-8-10-21,25-17-13-23(2)14-18-25)19-20-30(26-3,27-4)28-5/h6-10,19-20H,11-18H2,1-5H3. The van der Waals surface area contributed by atoms with E-state index in [0.717, 1.165) is 52.4 Å². The van der Waals surface area contributed by atoms with Crippen LogP contribution in [0.2, 0.25) is 0 Å². The molecule has 2 aliphatic heterocycles. The van der Waals surface area contributed by atoms with E-state index in [9.17, 15) is 0 Å². The van der Waals surface area contributed by atoms with Crippen LogP contribution in [0.15, 0.2) is 41.7 Å². The Kier molecular flexibility index (Phi) is 8.42. The first-order valence-corrected chi connectivity index (χ1v) is 14.6. The van der Waals surface area contributed by atoms with Crippen LogP contribution < -0.4 is 5.19 Å². The molecule has 0 spiro atoms. The van der Waals surface area contributed by atoms with E-state index in [1.807, 2.05) is 0 Å². The van der Waals surface area contributed by atoms with Crippen molar-refractivity contribution >= 4 is 22.4 Å². The zero-order valence-electron chi connectivity index (χ0n) is 19.2. The number of hydrogen-bond acceptors (Lipinski definition) is 7. The van der Waals surface area contributed by atoms with Crippen molar-refractivity contribution in [2.24, 2.45) is 0 Å². The molecule has 1 aromatic rings. The van der Waals surface area contributed by atoms with Crippen molar-refractivity contribution in [1.82, 2.24) is 18.9 Å². The molecule has 0 aromatic heterocycles. The van der Waals surface area contributed by atoms with Gasteiger partial charge in [-0.15, -0.1) is 0 Å². The van der Waals surface area contributed by atoms with Crippen LogP contribution >= 0.6 is 0 Å². The molecule has 0 bridgehead atoms. The van der Waals surface area contributed by atoms with Gasteiger partial charge in [0, 0.05) is 73.7 Å². The highest BCUT2D eigenvalue weighted by atomic mass is 28.4. The highest BCUT2D eigenvalue weighted by molar-refractivity contribution is 6.92. The van der Waals surface area contributed by atoms with Crippen molar-refractivity contribution < 1.29 is 13.3 Å². The Hall–Kier alpha value is -0.886. The van der Waals surface area contributed by atoms with Gasteiger partial charge in [-0.1, -0.05) is 36.0 Å². The molecule has 0 atom stereocenters. The molecule has 0 N–H and O–H groups in total. The Morgan fingerprint density at radius 3 is 1.50 bits per heavy atom. The molecule has 2 fully saturated rings. The van der Waals surface area contributed by atoms with Crippen molar-refractivity contribution in [3.63, 3.8) is 0 Å². The summed E-state index contributed by atoms with van der Waals surface area (Å²) in [6, 6.07) is 11.1. The van der Waals surface area contributed by atoms with E-state index in [-0.39, 0.29) is 0 Å². The summed E-state index contributed by atoms with van der Waals surface area (Å²) in [4.78, 5) is 4.85. The van der Waals surface area contributed by atoms with Crippen molar-refractivity contribution in [2.75, 3.05) is 87.8 Å². The third kappa shape index (κ3) is 4.95. The number of hydrogen-bond donors (Lipinski definition) is 0.